The van der Waals surface area contributed by atoms with Crippen molar-refractivity contribution in [2.45, 2.75) is 12.5 Å². The summed E-state index contributed by atoms with van der Waals surface area (Å²) < 4.78 is 18.0. The third-order valence-corrected chi connectivity index (χ3v) is 5.47. The number of methoxy groups -OCH3 is 1. The van der Waals surface area contributed by atoms with Gasteiger partial charge in [0.05, 0.1) is 12.7 Å². The van der Waals surface area contributed by atoms with Gasteiger partial charge in [0.1, 0.15) is 17.6 Å². The lowest BCUT2D eigenvalue weighted by molar-refractivity contribution is -0.142. The van der Waals surface area contributed by atoms with Crippen LogP contribution < -0.4 is 5.32 Å². The average molecular weight is 443 g/mol. The number of fused-ring (bicyclic) bond motifs is 1. The van der Waals surface area contributed by atoms with E-state index in [1.165, 1.54) is 25.3 Å². The van der Waals surface area contributed by atoms with Crippen LogP contribution in [0, 0.1) is 5.82 Å². The Labute approximate surface area is 190 Å². The van der Waals surface area contributed by atoms with E-state index in [-0.39, 0.29) is 23.6 Å². The second kappa shape index (κ2) is 9.53. The van der Waals surface area contributed by atoms with Crippen molar-refractivity contribution >= 4 is 22.6 Å². The Balaban J connectivity index is 1.53. The van der Waals surface area contributed by atoms with Crippen LogP contribution in [0.3, 0.4) is 0 Å². The number of carbonyl (C=O) groups excluding carboxylic acids is 2. The van der Waals surface area contributed by atoms with Crippen molar-refractivity contribution in [2.24, 2.45) is 0 Å². The molecular weight excluding hydrogens is 421 g/mol. The normalized spacial score (nSPS) is 11.7. The van der Waals surface area contributed by atoms with Crippen LogP contribution in [0.1, 0.15) is 15.9 Å². The Bertz CT molecular complexity index is 1300. The van der Waals surface area contributed by atoms with Gasteiger partial charge in [-0.1, -0.05) is 60.7 Å². The molecule has 0 fully saturated rings. The molecule has 0 bridgehead atoms. The van der Waals surface area contributed by atoms with Crippen LogP contribution >= 0.6 is 0 Å². The summed E-state index contributed by atoms with van der Waals surface area (Å²) in [5.74, 6) is -1.63. The highest BCUT2D eigenvalue weighted by atomic mass is 19.1. The summed E-state index contributed by atoms with van der Waals surface area (Å²) in [7, 11) is 1.26. The van der Waals surface area contributed by atoms with Crippen LogP contribution in [-0.4, -0.2) is 30.1 Å². The fraction of sp³-hybridized carbons (Fsp3) is 0.111. The molecule has 4 aromatic carbocycles. The van der Waals surface area contributed by atoms with E-state index in [9.17, 15) is 19.1 Å². The van der Waals surface area contributed by atoms with Gasteiger partial charge in [0, 0.05) is 6.42 Å². The number of esters is 1. The summed E-state index contributed by atoms with van der Waals surface area (Å²) in [6, 6.07) is 23.1. The Morgan fingerprint density at radius 2 is 1.48 bits per heavy atom. The van der Waals surface area contributed by atoms with E-state index in [4.69, 9.17) is 4.74 Å². The minimum atomic E-state index is -0.940. The van der Waals surface area contributed by atoms with E-state index < -0.39 is 17.9 Å². The van der Waals surface area contributed by atoms with Crippen LogP contribution in [0.25, 0.3) is 21.9 Å². The number of aromatic hydroxyl groups is 1. The van der Waals surface area contributed by atoms with Gasteiger partial charge >= 0.3 is 5.97 Å². The topological polar surface area (TPSA) is 75.6 Å². The van der Waals surface area contributed by atoms with Gasteiger partial charge in [0.25, 0.3) is 5.91 Å². The van der Waals surface area contributed by atoms with E-state index in [1.54, 1.807) is 18.2 Å². The number of amides is 1. The third-order valence-electron chi connectivity index (χ3n) is 5.47. The Kier molecular flexibility index (Phi) is 6.36. The van der Waals surface area contributed by atoms with Gasteiger partial charge in [-0.15, -0.1) is 0 Å². The fourth-order valence-corrected chi connectivity index (χ4v) is 3.69. The second-order valence-electron chi connectivity index (χ2n) is 7.67. The van der Waals surface area contributed by atoms with Gasteiger partial charge < -0.3 is 15.2 Å². The number of halogens is 1. The number of phenolic OH excluding ortho intramolecular Hbond substituents is 1. The summed E-state index contributed by atoms with van der Waals surface area (Å²) in [6.07, 6.45) is 0.205. The fourth-order valence-electron chi connectivity index (χ4n) is 3.69. The van der Waals surface area contributed by atoms with Crippen molar-refractivity contribution in [3.63, 3.8) is 0 Å². The van der Waals surface area contributed by atoms with Gasteiger partial charge in [-0.25, -0.2) is 9.18 Å². The molecule has 2 N–H and O–H groups in total. The number of hydrogen-bond acceptors (Lipinski definition) is 4. The minimum Gasteiger partial charge on any atom is -0.507 e. The van der Waals surface area contributed by atoms with Crippen LogP contribution in [0.4, 0.5) is 4.39 Å². The zero-order valence-corrected chi connectivity index (χ0v) is 17.9. The molecule has 1 amide bonds. The molecule has 6 heteroatoms. The molecule has 4 rings (SSSR count). The zero-order chi connectivity index (χ0) is 23.4. The largest absolute Gasteiger partial charge is 0.507 e. The maximum absolute atomic E-state index is 13.2. The standard InChI is InChI=1S/C27H22FNO4/c1-33-27(32)24(14-17-6-8-18(9-7-17)19-10-12-22(28)13-11-19)29-26(31)23-15-20-4-2-3-5-21(20)16-25(23)30/h2-13,15-16,24,30H,14H2,1H3,(H,29,31). The lowest BCUT2D eigenvalue weighted by atomic mass is 10.00. The van der Waals surface area contributed by atoms with E-state index >= 15 is 0 Å². The highest BCUT2D eigenvalue weighted by Crippen LogP contribution is 2.25. The molecule has 0 aromatic heterocycles. The number of nitrogens with one attached hydrogen (secondary N) is 1. The van der Waals surface area contributed by atoms with E-state index in [2.05, 4.69) is 5.32 Å². The van der Waals surface area contributed by atoms with Crippen molar-refractivity contribution in [3.8, 4) is 16.9 Å². The summed E-state index contributed by atoms with van der Waals surface area (Å²) in [5, 5.41) is 14.6. The van der Waals surface area contributed by atoms with Crippen LogP contribution in [0.15, 0.2) is 84.9 Å². The zero-order valence-electron chi connectivity index (χ0n) is 17.9. The first kappa shape index (κ1) is 22.0. The SMILES string of the molecule is COC(=O)C(Cc1ccc(-c2ccc(F)cc2)cc1)NC(=O)c1cc2ccccc2cc1O. The lowest BCUT2D eigenvalue weighted by Gasteiger charge is -2.17. The van der Waals surface area contributed by atoms with Crippen LogP contribution in [0.5, 0.6) is 5.75 Å². The predicted octanol–water partition coefficient (Wildman–Crippen LogP) is 4.87. The molecule has 0 aliphatic heterocycles. The van der Waals surface area contributed by atoms with Gasteiger partial charge in [-0.3, -0.25) is 4.79 Å². The van der Waals surface area contributed by atoms with Crippen molar-refractivity contribution in [1.29, 1.82) is 0 Å². The summed E-state index contributed by atoms with van der Waals surface area (Å²) in [6.45, 7) is 0. The summed E-state index contributed by atoms with van der Waals surface area (Å²) >= 11 is 0. The molecular formula is C27H22FNO4. The number of benzene rings is 4. The number of phenols is 1. The highest BCUT2D eigenvalue weighted by molar-refractivity contribution is 6.02. The summed E-state index contributed by atoms with van der Waals surface area (Å²) in [4.78, 5) is 25.3. The molecule has 166 valence electrons. The summed E-state index contributed by atoms with van der Waals surface area (Å²) in [5.41, 5.74) is 2.65. The minimum absolute atomic E-state index is 0.0780. The molecule has 0 aliphatic carbocycles. The van der Waals surface area contributed by atoms with Crippen LogP contribution in [0.2, 0.25) is 0 Å². The highest BCUT2D eigenvalue weighted by Gasteiger charge is 2.24. The van der Waals surface area contributed by atoms with E-state index in [1.807, 2.05) is 48.5 Å². The Morgan fingerprint density at radius 3 is 2.09 bits per heavy atom. The van der Waals surface area contributed by atoms with E-state index in [0.29, 0.717) is 0 Å². The van der Waals surface area contributed by atoms with E-state index in [0.717, 1.165) is 27.5 Å². The van der Waals surface area contributed by atoms with Crippen LogP contribution in [-0.2, 0) is 16.0 Å². The van der Waals surface area contributed by atoms with Gasteiger partial charge in [0.2, 0.25) is 0 Å². The first-order chi connectivity index (χ1) is 15.9. The second-order valence-corrected chi connectivity index (χ2v) is 7.67. The molecule has 0 radical (unpaired) electrons. The first-order valence-corrected chi connectivity index (χ1v) is 10.4. The average Bonchev–Trinajstić information content (AvgIpc) is 2.83. The first-order valence-electron chi connectivity index (χ1n) is 10.4. The molecule has 1 atom stereocenters. The molecule has 4 aromatic rings. The molecule has 5 nitrogen and oxygen atoms in total. The van der Waals surface area contributed by atoms with Gasteiger partial charge in [-0.05, 0) is 51.7 Å². The van der Waals surface area contributed by atoms with Crippen molar-refractivity contribution in [1.82, 2.24) is 5.32 Å². The lowest BCUT2D eigenvalue weighted by Crippen LogP contribution is -2.43. The van der Waals surface area contributed by atoms with Gasteiger partial charge in [0.15, 0.2) is 0 Å². The number of carbonyl (C=O) groups is 2. The van der Waals surface area contributed by atoms with Crippen molar-refractivity contribution < 1.29 is 23.8 Å². The molecule has 0 saturated carbocycles. The molecule has 0 aliphatic rings. The van der Waals surface area contributed by atoms with Crippen molar-refractivity contribution in [2.75, 3.05) is 7.11 Å². The Morgan fingerprint density at radius 1 is 0.909 bits per heavy atom. The molecule has 0 spiro atoms. The number of rotatable bonds is 6. The molecule has 1 unspecified atom stereocenters. The number of ether oxygens (including phenoxy) is 1. The molecule has 0 heterocycles. The maximum Gasteiger partial charge on any atom is 0.328 e. The quantitative estimate of drug-likeness (QED) is 0.417. The third kappa shape index (κ3) is 5.01. The smallest absolute Gasteiger partial charge is 0.328 e. The number of hydrogen-bond donors (Lipinski definition) is 2. The molecule has 33 heavy (non-hydrogen) atoms. The predicted molar refractivity (Wildman–Crippen MR) is 124 cm³/mol. The monoisotopic (exact) mass is 443 g/mol. The molecule has 0 saturated heterocycles. The van der Waals surface area contributed by atoms with Gasteiger partial charge in [-0.2, -0.15) is 0 Å². The van der Waals surface area contributed by atoms with Crippen molar-refractivity contribution in [3.05, 3.63) is 102 Å². The Hall–Kier alpha value is -4.19. The maximum atomic E-state index is 13.2.